The van der Waals surface area contributed by atoms with Crippen LogP contribution >= 0.6 is 0 Å². The average Bonchev–Trinajstić information content (AvgIpc) is 2.35. The normalized spacial score (nSPS) is 11.6. The van der Waals surface area contributed by atoms with Crippen molar-refractivity contribution in [1.82, 2.24) is 0 Å². The van der Waals surface area contributed by atoms with Gasteiger partial charge in [0.15, 0.2) is 11.6 Å². The average molecular weight is 274 g/mol. The van der Waals surface area contributed by atoms with E-state index in [2.05, 4.69) is 0 Å². The van der Waals surface area contributed by atoms with Crippen molar-refractivity contribution in [1.29, 1.82) is 0 Å². The smallest absolute Gasteiger partial charge is 0.416 e. The second kappa shape index (κ2) is 4.53. The van der Waals surface area contributed by atoms with E-state index in [0.29, 0.717) is 0 Å². The van der Waals surface area contributed by atoms with Crippen LogP contribution in [0.1, 0.15) is 5.56 Å². The molecule has 0 aliphatic heterocycles. The molecule has 0 aromatic heterocycles. The van der Waals surface area contributed by atoms with E-state index in [0.717, 1.165) is 30.3 Å². The lowest BCUT2D eigenvalue weighted by Crippen LogP contribution is -2.04. The van der Waals surface area contributed by atoms with Crippen molar-refractivity contribution in [3.8, 4) is 16.9 Å². The van der Waals surface area contributed by atoms with Crippen molar-refractivity contribution < 1.29 is 27.1 Å². The zero-order chi connectivity index (χ0) is 14.2. The van der Waals surface area contributed by atoms with Crippen molar-refractivity contribution in [2.45, 2.75) is 6.18 Å². The number of hydrogen-bond donors (Lipinski definition) is 1. The summed E-state index contributed by atoms with van der Waals surface area (Å²) < 4.78 is 64.3. The third kappa shape index (κ3) is 2.52. The lowest BCUT2D eigenvalue weighted by molar-refractivity contribution is -0.137. The SMILES string of the molecule is Oc1ccc(-c2cccc(C(F)(F)F)c2)c(F)c1F. The molecule has 0 amide bonds. The molecular weight excluding hydrogens is 267 g/mol. The first kappa shape index (κ1) is 13.3. The number of halogens is 5. The Morgan fingerprint density at radius 3 is 2.21 bits per heavy atom. The predicted molar refractivity (Wildman–Crippen MR) is 58.5 cm³/mol. The van der Waals surface area contributed by atoms with E-state index in [9.17, 15) is 22.0 Å². The number of aromatic hydroxyl groups is 1. The monoisotopic (exact) mass is 274 g/mol. The van der Waals surface area contributed by atoms with E-state index >= 15 is 0 Å². The molecule has 0 unspecified atom stereocenters. The van der Waals surface area contributed by atoms with Gasteiger partial charge in [-0.2, -0.15) is 17.6 Å². The highest BCUT2D eigenvalue weighted by Crippen LogP contribution is 2.34. The molecule has 0 radical (unpaired) electrons. The number of phenolic OH excluding ortho intramolecular Hbond substituents is 1. The topological polar surface area (TPSA) is 20.2 Å². The summed E-state index contributed by atoms with van der Waals surface area (Å²) in [5.74, 6) is -3.78. The molecule has 100 valence electrons. The van der Waals surface area contributed by atoms with Gasteiger partial charge in [0.1, 0.15) is 0 Å². The Hall–Kier alpha value is -2.11. The summed E-state index contributed by atoms with van der Waals surface area (Å²) in [4.78, 5) is 0. The van der Waals surface area contributed by atoms with Gasteiger partial charge < -0.3 is 5.11 Å². The summed E-state index contributed by atoms with van der Waals surface area (Å²) in [6.45, 7) is 0. The Labute approximate surface area is 104 Å². The maximum Gasteiger partial charge on any atom is 0.416 e. The van der Waals surface area contributed by atoms with Gasteiger partial charge in [0.25, 0.3) is 0 Å². The van der Waals surface area contributed by atoms with Crippen molar-refractivity contribution in [2.24, 2.45) is 0 Å². The zero-order valence-corrected chi connectivity index (χ0v) is 9.30. The second-order valence-corrected chi connectivity index (χ2v) is 3.84. The number of rotatable bonds is 1. The van der Waals surface area contributed by atoms with Crippen molar-refractivity contribution in [2.75, 3.05) is 0 Å². The van der Waals surface area contributed by atoms with E-state index in [1.165, 1.54) is 6.07 Å². The molecular formula is C13H7F5O. The first-order valence-corrected chi connectivity index (χ1v) is 5.15. The van der Waals surface area contributed by atoms with Gasteiger partial charge in [-0.1, -0.05) is 12.1 Å². The van der Waals surface area contributed by atoms with Gasteiger partial charge in [0.2, 0.25) is 5.82 Å². The van der Waals surface area contributed by atoms with Crippen molar-refractivity contribution in [3.05, 3.63) is 53.6 Å². The predicted octanol–water partition coefficient (Wildman–Crippen LogP) is 4.36. The summed E-state index contributed by atoms with van der Waals surface area (Å²) in [5.41, 5.74) is -1.43. The summed E-state index contributed by atoms with van der Waals surface area (Å²) in [6, 6.07) is 5.77. The van der Waals surface area contributed by atoms with Crippen LogP contribution in [0.2, 0.25) is 0 Å². The van der Waals surface area contributed by atoms with Crippen molar-refractivity contribution in [3.63, 3.8) is 0 Å². The maximum atomic E-state index is 13.6. The van der Waals surface area contributed by atoms with Crippen LogP contribution in [-0.2, 0) is 6.18 Å². The van der Waals surface area contributed by atoms with Gasteiger partial charge >= 0.3 is 6.18 Å². The summed E-state index contributed by atoms with van der Waals surface area (Å²) in [7, 11) is 0. The Morgan fingerprint density at radius 1 is 0.895 bits per heavy atom. The lowest BCUT2D eigenvalue weighted by atomic mass is 10.0. The minimum absolute atomic E-state index is 0.119. The van der Waals surface area contributed by atoms with E-state index in [4.69, 9.17) is 5.11 Å². The standard InChI is InChI=1S/C13H7F5O/c14-11-9(4-5-10(19)12(11)15)7-2-1-3-8(6-7)13(16,17)18/h1-6,19H. The first-order valence-electron chi connectivity index (χ1n) is 5.15. The van der Waals surface area contributed by atoms with Gasteiger partial charge in [-0.3, -0.25) is 0 Å². The Bertz CT molecular complexity index is 619. The second-order valence-electron chi connectivity index (χ2n) is 3.84. The van der Waals surface area contributed by atoms with Crippen LogP contribution in [0.25, 0.3) is 11.1 Å². The molecule has 0 saturated heterocycles. The largest absolute Gasteiger partial charge is 0.505 e. The summed E-state index contributed by atoms with van der Waals surface area (Å²) in [6.07, 6.45) is -4.57. The third-order valence-corrected chi connectivity index (χ3v) is 2.56. The quantitative estimate of drug-likeness (QED) is 0.766. The van der Waals surface area contributed by atoms with Crippen molar-refractivity contribution >= 4 is 0 Å². The number of alkyl halides is 3. The summed E-state index contributed by atoms with van der Waals surface area (Å²) >= 11 is 0. The van der Waals surface area contributed by atoms with Gasteiger partial charge in [-0.25, -0.2) is 4.39 Å². The fourth-order valence-electron chi connectivity index (χ4n) is 1.63. The number of benzene rings is 2. The van der Waals surface area contributed by atoms with Gasteiger partial charge in [-0.15, -0.1) is 0 Å². The lowest BCUT2D eigenvalue weighted by Gasteiger charge is -2.10. The molecule has 0 fully saturated rings. The summed E-state index contributed by atoms with van der Waals surface area (Å²) in [5, 5.41) is 8.96. The molecule has 2 rings (SSSR count). The Kier molecular flexibility index (Phi) is 3.18. The molecule has 19 heavy (non-hydrogen) atoms. The van der Waals surface area contributed by atoms with Gasteiger partial charge in [0.05, 0.1) is 5.56 Å². The molecule has 0 bridgehead atoms. The van der Waals surface area contributed by atoms with E-state index in [1.807, 2.05) is 0 Å². The highest BCUT2D eigenvalue weighted by molar-refractivity contribution is 5.66. The van der Waals surface area contributed by atoms with Gasteiger partial charge in [-0.05, 0) is 29.8 Å². The molecule has 0 aliphatic carbocycles. The molecule has 1 nitrogen and oxygen atoms in total. The molecule has 0 heterocycles. The van der Waals surface area contributed by atoms with Crippen LogP contribution in [0.3, 0.4) is 0 Å². The Morgan fingerprint density at radius 2 is 1.58 bits per heavy atom. The van der Waals surface area contributed by atoms with Crippen LogP contribution in [0.5, 0.6) is 5.75 Å². The minimum Gasteiger partial charge on any atom is -0.505 e. The fourth-order valence-corrected chi connectivity index (χ4v) is 1.63. The van der Waals surface area contributed by atoms with E-state index < -0.39 is 29.1 Å². The highest BCUT2D eigenvalue weighted by Gasteiger charge is 2.30. The van der Waals surface area contributed by atoms with Crippen LogP contribution in [0, 0.1) is 11.6 Å². The molecule has 1 N–H and O–H groups in total. The molecule has 0 saturated carbocycles. The number of hydrogen-bond acceptors (Lipinski definition) is 1. The zero-order valence-electron chi connectivity index (χ0n) is 9.30. The third-order valence-electron chi connectivity index (χ3n) is 2.56. The van der Waals surface area contributed by atoms with Crippen LogP contribution in [0.15, 0.2) is 36.4 Å². The highest BCUT2D eigenvalue weighted by atomic mass is 19.4. The molecule has 0 aliphatic rings. The number of phenols is 1. The molecule has 6 heteroatoms. The van der Waals surface area contributed by atoms with Crippen LogP contribution in [0.4, 0.5) is 22.0 Å². The Balaban J connectivity index is 2.57. The van der Waals surface area contributed by atoms with E-state index in [1.54, 1.807) is 0 Å². The molecule has 0 atom stereocenters. The van der Waals surface area contributed by atoms with Crippen LogP contribution < -0.4 is 0 Å². The molecule has 2 aromatic rings. The van der Waals surface area contributed by atoms with Gasteiger partial charge in [0, 0.05) is 5.56 Å². The molecule has 2 aromatic carbocycles. The maximum absolute atomic E-state index is 13.6. The fraction of sp³-hybridized carbons (Fsp3) is 0.0769. The molecule has 0 spiro atoms. The van der Waals surface area contributed by atoms with E-state index in [-0.39, 0.29) is 11.1 Å². The minimum atomic E-state index is -4.57. The van der Waals surface area contributed by atoms with Crippen LogP contribution in [-0.4, -0.2) is 5.11 Å². The first-order chi connectivity index (χ1) is 8.80.